The third-order valence-corrected chi connectivity index (χ3v) is 5.19. The molecule has 1 aliphatic rings. The van der Waals surface area contributed by atoms with Crippen LogP contribution in [-0.4, -0.2) is 48.2 Å². The minimum absolute atomic E-state index is 0.0938. The van der Waals surface area contributed by atoms with E-state index in [1.54, 1.807) is 44.4 Å². The molecule has 0 aliphatic carbocycles. The quantitative estimate of drug-likeness (QED) is 0.642. The van der Waals surface area contributed by atoms with E-state index in [1.807, 2.05) is 12.1 Å². The lowest BCUT2D eigenvalue weighted by Crippen LogP contribution is -2.33. The van der Waals surface area contributed by atoms with Gasteiger partial charge in [-0.2, -0.15) is 0 Å². The topological polar surface area (TPSA) is 94.3 Å². The van der Waals surface area contributed by atoms with Crippen molar-refractivity contribution in [2.75, 3.05) is 26.0 Å². The molecule has 1 aromatic heterocycles. The Kier molecular flexibility index (Phi) is 4.58. The van der Waals surface area contributed by atoms with Crippen molar-refractivity contribution in [2.24, 2.45) is 0 Å². The number of carbonyl (C=O) groups is 3. The second-order valence-corrected chi connectivity index (χ2v) is 7.52. The maximum atomic E-state index is 12.7. The van der Waals surface area contributed by atoms with E-state index in [9.17, 15) is 14.4 Å². The number of benzene rings is 2. The van der Waals surface area contributed by atoms with Crippen LogP contribution in [0.2, 0.25) is 0 Å². The monoisotopic (exact) mass is 390 g/mol. The van der Waals surface area contributed by atoms with Crippen LogP contribution in [0.4, 0.5) is 5.69 Å². The fourth-order valence-electron chi connectivity index (χ4n) is 3.64. The molecule has 0 fully saturated rings. The molecule has 3 amide bonds. The van der Waals surface area contributed by atoms with Crippen LogP contribution in [0.25, 0.3) is 10.9 Å². The Hall–Kier alpha value is -3.61. The van der Waals surface area contributed by atoms with Gasteiger partial charge in [-0.3, -0.25) is 14.4 Å². The van der Waals surface area contributed by atoms with Gasteiger partial charge in [-0.1, -0.05) is 6.92 Å². The molecule has 7 nitrogen and oxygen atoms in total. The number of nitrogens with zero attached hydrogens (tertiary/aromatic N) is 1. The van der Waals surface area contributed by atoms with Gasteiger partial charge in [0.1, 0.15) is 5.69 Å². The van der Waals surface area contributed by atoms with Crippen molar-refractivity contribution in [1.29, 1.82) is 0 Å². The summed E-state index contributed by atoms with van der Waals surface area (Å²) in [5.74, 6) is -0.297. The highest BCUT2D eigenvalue weighted by molar-refractivity contribution is 6.08. The van der Waals surface area contributed by atoms with E-state index in [0.29, 0.717) is 29.1 Å². The van der Waals surface area contributed by atoms with Crippen LogP contribution in [-0.2, 0) is 0 Å². The average molecular weight is 390 g/mol. The molecule has 4 rings (SSSR count). The molecule has 0 spiro atoms. The first-order valence-electron chi connectivity index (χ1n) is 9.42. The van der Waals surface area contributed by atoms with Gasteiger partial charge in [-0.25, -0.2) is 0 Å². The highest BCUT2D eigenvalue weighted by atomic mass is 16.2. The van der Waals surface area contributed by atoms with Crippen molar-refractivity contribution in [3.05, 3.63) is 64.8 Å². The minimum atomic E-state index is -0.249. The summed E-state index contributed by atoms with van der Waals surface area (Å²) in [6, 6.07) is 12.1. The molecule has 148 valence electrons. The van der Waals surface area contributed by atoms with Crippen LogP contribution >= 0.6 is 0 Å². The molecule has 29 heavy (non-hydrogen) atoms. The molecular formula is C22H22N4O3. The van der Waals surface area contributed by atoms with Crippen LogP contribution < -0.4 is 10.6 Å². The highest BCUT2D eigenvalue weighted by Gasteiger charge is 2.27. The number of fused-ring (bicyclic) bond motifs is 3. The molecule has 1 unspecified atom stereocenters. The van der Waals surface area contributed by atoms with Crippen molar-refractivity contribution in [2.45, 2.75) is 12.8 Å². The van der Waals surface area contributed by atoms with E-state index in [4.69, 9.17) is 0 Å². The summed E-state index contributed by atoms with van der Waals surface area (Å²) in [6.45, 7) is 2.63. The first-order valence-corrected chi connectivity index (χ1v) is 9.42. The third-order valence-electron chi connectivity index (χ3n) is 5.19. The second-order valence-electron chi connectivity index (χ2n) is 7.52. The largest absolute Gasteiger partial charge is 0.350 e. The zero-order valence-electron chi connectivity index (χ0n) is 16.5. The van der Waals surface area contributed by atoms with Gasteiger partial charge in [0.15, 0.2) is 0 Å². The predicted molar refractivity (Wildman–Crippen MR) is 111 cm³/mol. The number of nitrogens with one attached hydrogen (secondary N) is 3. The van der Waals surface area contributed by atoms with Crippen LogP contribution in [0.3, 0.4) is 0 Å². The second kappa shape index (κ2) is 7.09. The molecular weight excluding hydrogens is 368 g/mol. The van der Waals surface area contributed by atoms with Gasteiger partial charge in [0.25, 0.3) is 17.7 Å². The summed E-state index contributed by atoms with van der Waals surface area (Å²) < 4.78 is 0. The number of aromatic amines is 1. The molecule has 1 aliphatic heterocycles. The molecule has 0 bridgehead atoms. The maximum absolute atomic E-state index is 12.7. The Bertz CT molecular complexity index is 1130. The predicted octanol–water partition coefficient (Wildman–Crippen LogP) is 2.97. The van der Waals surface area contributed by atoms with Crippen molar-refractivity contribution in [3.8, 4) is 0 Å². The van der Waals surface area contributed by atoms with Crippen LogP contribution in [0, 0.1) is 0 Å². The minimum Gasteiger partial charge on any atom is -0.350 e. The van der Waals surface area contributed by atoms with Gasteiger partial charge in [0.05, 0.1) is 0 Å². The Morgan fingerprint density at radius 1 is 1.07 bits per heavy atom. The SMILES string of the molecule is CC1CNC(=O)c2[nH]c3ccc(C(=O)Nc4ccc(C(=O)N(C)C)cc4)cc3c21. The van der Waals surface area contributed by atoms with Crippen molar-refractivity contribution >= 4 is 34.3 Å². The number of amides is 3. The Morgan fingerprint density at radius 2 is 1.76 bits per heavy atom. The summed E-state index contributed by atoms with van der Waals surface area (Å²) in [5.41, 5.74) is 4.02. The van der Waals surface area contributed by atoms with Crippen molar-refractivity contribution < 1.29 is 14.4 Å². The molecule has 2 heterocycles. The molecule has 2 aromatic carbocycles. The maximum Gasteiger partial charge on any atom is 0.268 e. The first kappa shape index (κ1) is 18.7. The number of carbonyl (C=O) groups excluding carboxylic acids is 3. The smallest absolute Gasteiger partial charge is 0.268 e. The van der Waals surface area contributed by atoms with E-state index in [2.05, 4.69) is 22.5 Å². The highest BCUT2D eigenvalue weighted by Crippen LogP contribution is 2.32. The zero-order chi connectivity index (χ0) is 20.7. The van der Waals surface area contributed by atoms with Gasteiger partial charge < -0.3 is 20.5 Å². The van der Waals surface area contributed by atoms with E-state index in [1.165, 1.54) is 4.90 Å². The first-order chi connectivity index (χ1) is 13.8. The molecule has 0 saturated carbocycles. The van der Waals surface area contributed by atoms with Crippen LogP contribution in [0.1, 0.15) is 49.6 Å². The number of anilines is 1. The third kappa shape index (κ3) is 3.35. The molecule has 3 aromatic rings. The van der Waals surface area contributed by atoms with Crippen molar-refractivity contribution in [3.63, 3.8) is 0 Å². The van der Waals surface area contributed by atoms with Gasteiger partial charge in [0.2, 0.25) is 0 Å². The zero-order valence-corrected chi connectivity index (χ0v) is 16.5. The fourth-order valence-corrected chi connectivity index (χ4v) is 3.64. The van der Waals surface area contributed by atoms with Crippen LogP contribution in [0.15, 0.2) is 42.5 Å². The Labute approximate surface area is 168 Å². The number of hydrogen-bond acceptors (Lipinski definition) is 3. The average Bonchev–Trinajstić information content (AvgIpc) is 3.10. The standard InChI is InChI=1S/C22H22N4O3/c1-12-11-23-21(28)19-18(12)16-10-14(6-9-17(16)25-19)20(27)24-15-7-4-13(5-8-15)22(29)26(2)3/h4-10,12,25H,11H2,1-3H3,(H,23,28)(H,24,27). The summed E-state index contributed by atoms with van der Waals surface area (Å²) in [6.07, 6.45) is 0. The van der Waals surface area contributed by atoms with E-state index in [-0.39, 0.29) is 23.6 Å². The lowest BCUT2D eigenvalue weighted by atomic mass is 9.93. The van der Waals surface area contributed by atoms with Gasteiger partial charge in [-0.15, -0.1) is 0 Å². The van der Waals surface area contributed by atoms with E-state index in [0.717, 1.165) is 16.5 Å². The summed E-state index contributed by atoms with van der Waals surface area (Å²) >= 11 is 0. The van der Waals surface area contributed by atoms with Gasteiger partial charge in [-0.05, 0) is 48.0 Å². The molecule has 3 N–H and O–H groups in total. The molecule has 0 saturated heterocycles. The lowest BCUT2D eigenvalue weighted by Gasteiger charge is -2.19. The van der Waals surface area contributed by atoms with Gasteiger partial charge in [0, 0.05) is 54.3 Å². The number of H-pyrrole nitrogens is 1. The number of rotatable bonds is 3. The number of hydrogen-bond donors (Lipinski definition) is 3. The molecule has 1 atom stereocenters. The lowest BCUT2D eigenvalue weighted by molar-refractivity contribution is 0.0827. The molecule has 7 heteroatoms. The van der Waals surface area contributed by atoms with E-state index < -0.39 is 0 Å². The van der Waals surface area contributed by atoms with Crippen LogP contribution in [0.5, 0.6) is 0 Å². The van der Waals surface area contributed by atoms with Gasteiger partial charge >= 0.3 is 0 Å². The summed E-state index contributed by atoms with van der Waals surface area (Å²) in [4.78, 5) is 41.5. The normalized spacial score (nSPS) is 15.6. The summed E-state index contributed by atoms with van der Waals surface area (Å²) in [5, 5.41) is 6.61. The molecule has 0 radical (unpaired) electrons. The van der Waals surface area contributed by atoms with E-state index >= 15 is 0 Å². The summed E-state index contributed by atoms with van der Waals surface area (Å²) in [7, 11) is 3.39. The van der Waals surface area contributed by atoms with Crippen molar-refractivity contribution in [1.82, 2.24) is 15.2 Å². The Balaban J connectivity index is 1.60. The number of aromatic nitrogens is 1. The Morgan fingerprint density at radius 3 is 2.45 bits per heavy atom. The fraction of sp³-hybridized carbons (Fsp3) is 0.227.